The molecule has 0 saturated heterocycles. The number of phenolic OH excluding ortho intramolecular Hbond substituents is 1. The van der Waals surface area contributed by atoms with Crippen molar-refractivity contribution < 1.29 is 9.90 Å². The largest absolute Gasteiger partial charge is 0.506 e. The third-order valence-corrected chi connectivity index (χ3v) is 5.67. The Bertz CT molecular complexity index is 1310. The number of hydrogen-bond acceptors (Lipinski definition) is 4. The number of halogens is 1. The van der Waals surface area contributed by atoms with Crippen LogP contribution in [-0.2, 0) is 13.1 Å². The van der Waals surface area contributed by atoms with Gasteiger partial charge in [-0.2, -0.15) is 5.10 Å². The zero-order valence-corrected chi connectivity index (χ0v) is 19.0. The predicted molar refractivity (Wildman–Crippen MR) is 134 cm³/mol. The third-order valence-electron chi connectivity index (χ3n) is 5.36. The number of phenols is 1. The zero-order valence-electron chi connectivity index (χ0n) is 18.2. The van der Waals surface area contributed by atoms with E-state index < -0.39 is 5.91 Å². The highest BCUT2D eigenvalue weighted by Gasteiger charge is 2.09. The molecule has 6 heteroatoms. The van der Waals surface area contributed by atoms with Crippen molar-refractivity contribution in [1.82, 2.24) is 10.3 Å². The molecule has 5 nitrogen and oxygen atoms in total. The van der Waals surface area contributed by atoms with E-state index in [-0.39, 0.29) is 10.8 Å². The van der Waals surface area contributed by atoms with E-state index in [1.807, 2.05) is 24.3 Å². The van der Waals surface area contributed by atoms with Crippen molar-refractivity contribution in [2.75, 3.05) is 7.05 Å². The second-order valence-electron chi connectivity index (χ2n) is 7.88. The van der Waals surface area contributed by atoms with Crippen molar-refractivity contribution in [1.29, 1.82) is 0 Å². The fourth-order valence-electron chi connectivity index (χ4n) is 3.75. The highest BCUT2D eigenvalue weighted by Crippen LogP contribution is 2.24. The summed E-state index contributed by atoms with van der Waals surface area (Å²) in [6, 6.07) is 27.0. The smallest absolute Gasteiger partial charge is 0.271 e. The van der Waals surface area contributed by atoms with E-state index in [1.165, 1.54) is 29.3 Å². The van der Waals surface area contributed by atoms with Crippen LogP contribution in [0.15, 0.2) is 90.0 Å². The number of nitrogens with one attached hydrogen (secondary N) is 1. The van der Waals surface area contributed by atoms with Crippen LogP contribution in [0.1, 0.15) is 27.0 Å². The normalized spacial score (nSPS) is 11.4. The highest BCUT2D eigenvalue weighted by molar-refractivity contribution is 6.32. The van der Waals surface area contributed by atoms with Gasteiger partial charge in [0.05, 0.1) is 11.2 Å². The molecular formula is C27H24ClN3O2. The number of hydrazone groups is 1. The van der Waals surface area contributed by atoms with Crippen LogP contribution in [0.5, 0.6) is 5.75 Å². The number of carbonyl (C=O) groups is 1. The van der Waals surface area contributed by atoms with Crippen molar-refractivity contribution in [3.63, 3.8) is 0 Å². The van der Waals surface area contributed by atoms with Crippen molar-refractivity contribution in [3.05, 3.63) is 112 Å². The first-order valence-corrected chi connectivity index (χ1v) is 10.9. The quantitative estimate of drug-likeness (QED) is 0.280. The van der Waals surface area contributed by atoms with Gasteiger partial charge in [0.1, 0.15) is 5.75 Å². The summed E-state index contributed by atoms with van der Waals surface area (Å²) in [5.74, 6) is -0.477. The van der Waals surface area contributed by atoms with Gasteiger partial charge in [0.25, 0.3) is 5.91 Å². The molecule has 0 saturated carbocycles. The average molecular weight is 458 g/mol. The summed E-state index contributed by atoms with van der Waals surface area (Å²) in [6.45, 7) is 1.68. The van der Waals surface area contributed by atoms with Gasteiger partial charge < -0.3 is 5.11 Å². The van der Waals surface area contributed by atoms with E-state index in [2.05, 4.69) is 64.9 Å². The molecule has 0 aliphatic rings. The van der Waals surface area contributed by atoms with Gasteiger partial charge in [-0.3, -0.25) is 9.69 Å². The Labute approximate surface area is 197 Å². The summed E-state index contributed by atoms with van der Waals surface area (Å²) < 4.78 is 0. The van der Waals surface area contributed by atoms with E-state index in [1.54, 1.807) is 6.21 Å². The molecule has 0 atom stereocenters. The number of aromatic hydroxyl groups is 1. The van der Waals surface area contributed by atoms with Gasteiger partial charge in [0.2, 0.25) is 0 Å². The van der Waals surface area contributed by atoms with Crippen LogP contribution < -0.4 is 5.43 Å². The first-order valence-electron chi connectivity index (χ1n) is 10.6. The van der Waals surface area contributed by atoms with E-state index in [0.29, 0.717) is 5.56 Å². The van der Waals surface area contributed by atoms with E-state index in [4.69, 9.17) is 11.6 Å². The Morgan fingerprint density at radius 1 is 0.970 bits per heavy atom. The van der Waals surface area contributed by atoms with Crippen molar-refractivity contribution in [2.24, 2.45) is 5.10 Å². The van der Waals surface area contributed by atoms with Gasteiger partial charge in [0, 0.05) is 24.2 Å². The van der Waals surface area contributed by atoms with Crippen LogP contribution >= 0.6 is 11.6 Å². The second kappa shape index (κ2) is 10.3. The maximum atomic E-state index is 12.3. The molecule has 166 valence electrons. The predicted octanol–water partition coefficient (Wildman–Crippen LogP) is 5.59. The number of nitrogens with zero attached hydrogens (tertiary/aromatic N) is 2. The maximum Gasteiger partial charge on any atom is 0.271 e. The molecule has 2 N–H and O–H groups in total. The molecule has 0 unspecified atom stereocenters. The Balaban J connectivity index is 1.50. The van der Waals surface area contributed by atoms with Gasteiger partial charge in [-0.15, -0.1) is 0 Å². The Hall–Kier alpha value is -3.67. The molecule has 0 spiro atoms. The van der Waals surface area contributed by atoms with Crippen molar-refractivity contribution in [2.45, 2.75) is 13.1 Å². The third kappa shape index (κ3) is 5.58. The van der Waals surface area contributed by atoms with Gasteiger partial charge >= 0.3 is 0 Å². The molecule has 0 aliphatic carbocycles. The minimum absolute atomic E-state index is 0.0716. The molecule has 0 heterocycles. The monoisotopic (exact) mass is 457 g/mol. The number of carbonyl (C=O) groups excluding carboxylic acids is 1. The van der Waals surface area contributed by atoms with E-state index in [9.17, 15) is 9.90 Å². The number of fused-ring (bicyclic) bond motifs is 1. The first-order chi connectivity index (χ1) is 16.0. The lowest BCUT2D eigenvalue weighted by molar-refractivity contribution is 0.0955. The van der Waals surface area contributed by atoms with Crippen molar-refractivity contribution in [3.8, 4) is 5.75 Å². The summed E-state index contributed by atoms with van der Waals surface area (Å²) in [5.41, 5.74) is 6.24. The standard InChI is InChI=1S/C27H24ClN3O2/c1-31(17-19-7-3-2-4-8-19)18-22-12-11-21(23-9-5-6-10-24(22)23)16-29-30-27(33)20-13-14-26(32)25(28)15-20/h2-16,32H,17-18H2,1H3,(H,30,33). The zero-order chi connectivity index (χ0) is 23.2. The first kappa shape index (κ1) is 22.5. The van der Waals surface area contributed by atoms with E-state index in [0.717, 1.165) is 29.4 Å². The SMILES string of the molecule is CN(Cc1ccccc1)Cc1ccc(C=NNC(=O)c2ccc(O)c(Cl)c2)c2ccccc12. The van der Waals surface area contributed by atoms with Crippen molar-refractivity contribution >= 4 is 34.5 Å². The molecule has 33 heavy (non-hydrogen) atoms. The second-order valence-corrected chi connectivity index (χ2v) is 8.29. The topological polar surface area (TPSA) is 64.9 Å². The molecule has 0 radical (unpaired) electrons. The molecule has 0 bridgehead atoms. The number of hydrogen-bond donors (Lipinski definition) is 2. The molecule has 1 amide bonds. The highest BCUT2D eigenvalue weighted by atomic mass is 35.5. The van der Waals surface area contributed by atoms with Crippen LogP contribution in [0.25, 0.3) is 10.8 Å². The Morgan fingerprint density at radius 3 is 2.45 bits per heavy atom. The molecule has 0 aliphatic heterocycles. The van der Waals surface area contributed by atoms with Crippen LogP contribution in [0, 0.1) is 0 Å². The lowest BCUT2D eigenvalue weighted by atomic mass is 9.99. The van der Waals surface area contributed by atoms with Crippen LogP contribution in [0.3, 0.4) is 0 Å². The molecule has 0 fully saturated rings. The summed E-state index contributed by atoms with van der Waals surface area (Å²) in [5, 5.41) is 16.0. The summed E-state index contributed by atoms with van der Waals surface area (Å²) in [6.07, 6.45) is 1.64. The number of rotatable bonds is 7. The fraction of sp³-hybridized carbons (Fsp3) is 0.111. The number of benzene rings is 4. The molecule has 0 aromatic heterocycles. The van der Waals surface area contributed by atoms with Crippen LogP contribution in [-0.4, -0.2) is 29.2 Å². The molecule has 4 rings (SSSR count). The lowest BCUT2D eigenvalue weighted by Crippen LogP contribution is -2.18. The Kier molecular flexibility index (Phi) is 7.03. The summed E-state index contributed by atoms with van der Waals surface area (Å²) >= 11 is 5.88. The fourth-order valence-corrected chi connectivity index (χ4v) is 3.93. The molecular weight excluding hydrogens is 434 g/mol. The van der Waals surface area contributed by atoms with Gasteiger partial charge in [-0.05, 0) is 47.1 Å². The van der Waals surface area contributed by atoms with Gasteiger partial charge in [-0.25, -0.2) is 5.43 Å². The van der Waals surface area contributed by atoms with Crippen LogP contribution in [0.4, 0.5) is 0 Å². The average Bonchev–Trinajstić information content (AvgIpc) is 2.82. The molecule has 4 aromatic rings. The van der Waals surface area contributed by atoms with Gasteiger partial charge in [-0.1, -0.05) is 78.3 Å². The molecule has 4 aromatic carbocycles. The number of amides is 1. The lowest BCUT2D eigenvalue weighted by Gasteiger charge is -2.18. The van der Waals surface area contributed by atoms with E-state index >= 15 is 0 Å². The minimum Gasteiger partial charge on any atom is -0.506 e. The Morgan fingerprint density at radius 2 is 1.70 bits per heavy atom. The summed E-state index contributed by atoms with van der Waals surface area (Å²) in [7, 11) is 2.11. The maximum absolute atomic E-state index is 12.3. The minimum atomic E-state index is -0.406. The summed E-state index contributed by atoms with van der Waals surface area (Å²) in [4.78, 5) is 14.6. The van der Waals surface area contributed by atoms with Crippen LogP contribution in [0.2, 0.25) is 5.02 Å². The van der Waals surface area contributed by atoms with Gasteiger partial charge in [0.15, 0.2) is 0 Å².